The molecular formula is C16H26ClFN2O2. The standard InChI is InChI=1S/C16H25FN2O2.ClH/c1-11(2)15(8-12-4-6-13(17)7-5-12)19-16(20)9-14(10-18)21-3;/h4-7,11,14-15H,8-10,18H2,1-3H3,(H,19,20);1H. The Labute approximate surface area is 138 Å². The van der Waals surface area contributed by atoms with E-state index in [4.69, 9.17) is 10.5 Å². The molecule has 0 aliphatic rings. The molecule has 0 radical (unpaired) electrons. The van der Waals surface area contributed by atoms with Crippen LogP contribution in [0.3, 0.4) is 0 Å². The quantitative estimate of drug-likeness (QED) is 0.767. The number of rotatable bonds is 8. The first kappa shape index (κ1) is 20.8. The molecule has 2 unspecified atom stereocenters. The molecule has 0 aliphatic heterocycles. The van der Waals surface area contributed by atoms with Crippen LogP contribution in [-0.2, 0) is 16.0 Å². The van der Waals surface area contributed by atoms with Gasteiger partial charge in [-0.3, -0.25) is 4.79 Å². The molecule has 0 aromatic heterocycles. The number of halogens is 2. The highest BCUT2D eigenvalue weighted by Gasteiger charge is 2.19. The number of methoxy groups -OCH3 is 1. The van der Waals surface area contributed by atoms with Crippen molar-refractivity contribution in [2.24, 2.45) is 11.7 Å². The van der Waals surface area contributed by atoms with Gasteiger partial charge in [-0.25, -0.2) is 4.39 Å². The number of hydrogen-bond donors (Lipinski definition) is 2. The zero-order valence-electron chi connectivity index (χ0n) is 13.3. The van der Waals surface area contributed by atoms with Gasteiger partial charge in [-0.05, 0) is 30.0 Å². The van der Waals surface area contributed by atoms with E-state index in [9.17, 15) is 9.18 Å². The van der Waals surface area contributed by atoms with Gasteiger partial charge in [-0.1, -0.05) is 26.0 Å². The Morgan fingerprint density at radius 1 is 1.32 bits per heavy atom. The summed E-state index contributed by atoms with van der Waals surface area (Å²) < 4.78 is 18.0. The number of carbonyl (C=O) groups excluding carboxylic acids is 1. The maximum absolute atomic E-state index is 12.9. The van der Waals surface area contributed by atoms with Gasteiger partial charge in [0.05, 0.1) is 12.5 Å². The summed E-state index contributed by atoms with van der Waals surface area (Å²) in [6.45, 7) is 4.41. The average Bonchev–Trinajstić information content (AvgIpc) is 2.46. The van der Waals surface area contributed by atoms with E-state index in [1.54, 1.807) is 19.2 Å². The third-order valence-corrected chi connectivity index (χ3v) is 3.53. The largest absolute Gasteiger partial charge is 0.380 e. The molecular weight excluding hydrogens is 307 g/mol. The van der Waals surface area contributed by atoms with Crippen molar-refractivity contribution in [1.82, 2.24) is 5.32 Å². The second-order valence-corrected chi connectivity index (χ2v) is 5.55. The van der Waals surface area contributed by atoms with Crippen molar-refractivity contribution in [3.8, 4) is 0 Å². The summed E-state index contributed by atoms with van der Waals surface area (Å²) in [5.74, 6) is -0.0549. The molecule has 1 aromatic rings. The summed E-state index contributed by atoms with van der Waals surface area (Å²) in [5.41, 5.74) is 6.52. The lowest BCUT2D eigenvalue weighted by molar-refractivity contribution is -0.124. The SMILES string of the molecule is COC(CN)CC(=O)NC(Cc1ccc(F)cc1)C(C)C.Cl. The number of nitrogens with one attached hydrogen (secondary N) is 1. The van der Waals surface area contributed by atoms with Crippen LogP contribution in [0.15, 0.2) is 24.3 Å². The molecule has 0 heterocycles. The fourth-order valence-electron chi connectivity index (χ4n) is 2.06. The summed E-state index contributed by atoms with van der Waals surface area (Å²) in [6, 6.07) is 6.36. The second kappa shape index (κ2) is 10.5. The first-order valence-corrected chi connectivity index (χ1v) is 7.23. The first-order chi connectivity index (χ1) is 9.96. The van der Waals surface area contributed by atoms with E-state index in [0.29, 0.717) is 13.0 Å². The molecule has 22 heavy (non-hydrogen) atoms. The zero-order chi connectivity index (χ0) is 15.8. The minimum absolute atomic E-state index is 0. The van der Waals surface area contributed by atoms with Crippen LogP contribution in [0, 0.1) is 11.7 Å². The molecule has 0 fully saturated rings. The fraction of sp³-hybridized carbons (Fsp3) is 0.562. The molecule has 0 saturated carbocycles. The highest BCUT2D eigenvalue weighted by atomic mass is 35.5. The van der Waals surface area contributed by atoms with Crippen LogP contribution in [0.5, 0.6) is 0 Å². The van der Waals surface area contributed by atoms with Crippen molar-refractivity contribution in [3.05, 3.63) is 35.6 Å². The van der Waals surface area contributed by atoms with Gasteiger partial charge in [0.2, 0.25) is 5.91 Å². The molecule has 0 bridgehead atoms. The number of carbonyl (C=O) groups is 1. The van der Waals surface area contributed by atoms with Gasteiger partial charge < -0.3 is 15.8 Å². The Bertz CT molecular complexity index is 436. The van der Waals surface area contributed by atoms with Crippen molar-refractivity contribution in [1.29, 1.82) is 0 Å². The van der Waals surface area contributed by atoms with Crippen molar-refractivity contribution < 1.29 is 13.9 Å². The lowest BCUT2D eigenvalue weighted by Crippen LogP contribution is -2.42. The van der Waals surface area contributed by atoms with E-state index >= 15 is 0 Å². The Morgan fingerprint density at radius 2 is 1.91 bits per heavy atom. The molecule has 1 amide bonds. The molecule has 4 nitrogen and oxygen atoms in total. The summed E-state index contributed by atoms with van der Waals surface area (Å²) >= 11 is 0. The predicted molar refractivity (Wildman–Crippen MR) is 88.6 cm³/mol. The topological polar surface area (TPSA) is 64.3 Å². The van der Waals surface area contributed by atoms with Crippen molar-refractivity contribution in [2.45, 2.75) is 38.8 Å². The number of hydrogen-bond acceptors (Lipinski definition) is 3. The van der Waals surface area contributed by atoms with E-state index in [1.165, 1.54) is 12.1 Å². The van der Waals surface area contributed by atoms with Crippen LogP contribution in [0.2, 0.25) is 0 Å². The van der Waals surface area contributed by atoms with Crippen molar-refractivity contribution in [3.63, 3.8) is 0 Å². The van der Waals surface area contributed by atoms with Gasteiger partial charge in [-0.2, -0.15) is 0 Å². The van der Waals surface area contributed by atoms with Crippen molar-refractivity contribution >= 4 is 18.3 Å². The Balaban J connectivity index is 0.00000441. The van der Waals surface area contributed by atoms with Crippen molar-refractivity contribution in [2.75, 3.05) is 13.7 Å². The third-order valence-electron chi connectivity index (χ3n) is 3.53. The van der Waals surface area contributed by atoms with Gasteiger partial charge in [-0.15, -0.1) is 12.4 Å². The number of nitrogens with two attached hydrogens (primary N) is 1. The van der Waals surface area contributed by atoms with Crippen LogP contribution in [0.4, 0.5) is 4.39 Å². The average molecular weight is 333 g/mol. The Hall–Kier alpha value is -1.17. The fourth-order valence-corrected chi connectivity index (χ4v) is 2.06. The normalized spacial score (nSPS) is 13.4. The van der Waals surface area contributed by atoms with Gasteiger partial charge in [0.15, 0.2) is 0 Å². The summed E-state index contributed by atoms with van der Waals surface area (Å²) in [7, 11) is 1.54. The molecule has 6 heteroatoms. The highest BCUT2D eigenvalue weighted by molar-refractivity contribution is 5.85. The van der Waals surface area contributed by atoms with Crippen LogP contribution < -0.4 is 11.1 Å². The first-order valence-electron chi connectivity index (χ1n) is 7.23. The second-order valence-electron chi connectivity index (χ2n) is 5.55. The minimum Gasteiger partial charge on any atom is -0.380 e. The molecule has 126 valence electrons. The number of amides is 1. The van der Waals surface area contributed by atoms with Gasteiger partial charge in [0.1, 0.15) is 5.82 Å². The Kier molecular flexibility index (Phi) is 9.98. The summed E-state index contributed by atoms with van der Waals surface area (Å²) in [5, 5.41) is 3.01. The van der Waals surface area contributed by atoms with E-state index in [-0.39, 0.29) is 48.6 Å². The van der Waals surface area contributed by atoms with E-state index in [1.807, 2.05) is 13.8 Å². The maximum Gasteiger partial charge on any atom is 0.222 e. The summed E-state index contributed by atoms with van der Waals surface area (Å²) in [6.07, 6.45) is 0.660. The van der Waals surface area contributed by atoms with E-state index in [0.717, 1.165) is 5.56 Å². The van der Waals surface area contributed by atoms with E-state index < -0.39 is 0 Å². The van der Waals surface area contributed by atoms with E-state index in [2.05, 4.69) is 5.32 Å². The molecule has 1 rings (SSSR count). The lowest BCUT2D eigenvalue weighted by Gasteiger charge is -2.23. The van der Waals surface area contributed by atoms with Crippen LogP contribution in [-0.4, -0.2) is 31.7 Å². The van der Waals surface area contributed by atoms with Gasteiger partial charge in [0.25, 0.3) is 0 Å². The molecule has 1 aromatic carbocycles. The smallest absolute Gasteiger partial charge is 0.222 e. The molecule has 0 spiro atoms. The van der Waals surface area contributed by atoms with Crippen LogP contribution in [0.1, 0.15) is 25.8 Å². The zero-order valence-corrected chi connectivity index (χ0v) is 14.2. The Morgan fingerprint density at radius 3 is 2.36 bits per heavy atom. The predicted octanol–water partition coefficient (Wildman–Crippen LogP) is 2.29. The minimum atomic E-state index is -0.261. The number of benzene rings is 1. The van der Waals surface area contributed by atoms with Crippen LogP contribution in [0.25, 0.3) is 0 Å². The molecule has 0 aliphatic carbocycles. The monoisotopic (exact) mass is 332 g/mol. The molecule has 0 saturated heterocycles. The summed E-state index contributed by atoms with van der Waals surface area (Å²) in [4.78, 5) is 12.0. The van der Waals surface area contributed by atoms with Gasteiger partial charge in [0, 0.05) is 19.7 Å². The lowest BCUT2D eigenvalue weighted by atomic mass is 9.96. The maximum atomic E-state index is 12.9. The van der Waals surface area contributed by atoms with Crippen LogP contribution >= 0.6 is 12.4 Å². The molecule has 3 N–H and O–H groups in total. The molecule has 2 atom stereocenters. The highest BCUT2D eigenvalue weighted by Crippen LogP contribution is 2.12. The van der Waals surface area contributed by atoms with Gasteiger partial charge >= 0.3 is 0 Å². The third kappa shape index (κ3) is 7.20. The number of ether oxygens (including phenoxy) is 1.